The molecule has 1 aromatic heterocycles. The van der Waals surface area contributed by atoms with Crippen LogP contribution in [0.2, 0.25) is 0 Å². The third-order valence-electron chi connectivity index (χ3n) is 5.12. The van der Waals surface area contributed by atoms with Crippen molar-refractivity contribution >= 4 is 17.7 Å². The average Bonchev–Trinajstić information content (AvgIpc) is 2.70. The largest absolute Gasteiger partial charge is 0.417 e. The van der Waals surface area contributed by atoms with Crippen molar-refractivity contribution in [3.05, 3.63) is 59.3 Å². The second-order valence-corrected chi connectivity index (χ2v) is 8.70. The highest BCUT2D eigenvalue weighted by Gasteiger charge is 2.31. The van der Waals surface area contributed by atoms with E-state index in [1.165, 1.54) is 17.2 Å². The van der Waals surface area contributed by atoms with Crippen LogP contribution < -0.4 is 5.32 Å². The van der Waals surface area contributed by atoms with E-state index in [9.17, 15) is 18.0 Å². The number of fused-ring (bicyclic) bond motifs is 1. The van der Waals surface area contributed by atoms with E-state index in [0.29, 0.717) is 11.6 Å². The Kier molecular flexibility index (Phi) is 6.53. The van der Waals surface area contributed by atoms with Gasteiger partial charge >= 0.3 is 6.18 Å². The minimum Gasteiger partial charge on any atom is -0.354 e. The third-order valence-corrected chi connectivity index (χ3v) is 6.06. The Hall–Kier alpha value is -2.06. The number of amides is 1. The van der Waals surface area contributed by atoms with Gasteiger partial charge in [0.2, 0.25) is 5.91 Å². The Balaban J connectivity index is 1.47. The van der Waals surface area contributed by atoms with Crippen LogP contribution in [0.4, 0.5) is 13.2 Å². The number of halogens is 3. The zero-order chi connectivity index (χ0) is 21.1. The van der Waals surface area contributed by atoms with Gasteiger partial charge in [-0.15, -0.1) is 0 Å². The monoisotopic (exact) mass is 423 g/mol. The molecule has 0 saturated heterocycles. The highest BCUT2D eigenvalue weighted by atomic mass is 32.2. The van der Waals surface area contributed by atoms with Crippen molar-refractivity contribution in [3.8, 4) is 0 Å². The first kappa shape index (κ1) is 21.6. The molecule has 0 aliphatic carbocycles. The molecule has 3 rings (SSSR count). The molecule has 0 radical (unpaired) electrons. The molecule has 1 N–H and O–H groups in total. The van der Waals surface area contributed by atoms with Crippen molar-refractivity contribution in [3.63, 3.8) is 0 Å². The smallest absolute Gasteiger partial charge is 0.354 e. The summed E-state index contributed by atoms with van der Waals surface area (Å²) in [5.41, 5.74) is 1.70. The molecular formula is C21H24F3N3OS. The number of carbonyl (C=O) groups is 1. The van der Waals surface area contributed by atoms with Crippen molar-refractivity contribution in [2.24, 2.45) is 0 Å². The predicted octanol–water partition coefficient (Wildman–Crippen LogP) is 4.15. The SMILES string of the molecule is CC(C)(CNC(=O)CSc1ccc(C(F)(F)F)cn1)N1CCc2ccccc2C1. The van der Waals surface area contributed by atoms with Gasteiger partial charge in [0.05, 0.1) is 16.3 Å². The van der Waals surface area contributed by atoms with Gasteiger partial charge < -0.3 is 5.32 Å². The van der Waals surface area contributed by atoms with E-state index in [1.807, 2.05) is 6.07 Å². The van der Waals surface area contributed by atoms with E-state index in [2.05, 4.69) is 47.2 Å². The standard InChI is InChI=1S/C21H24F3N3OS/c1-20(2,27-10-9-15-5-3-4-6-16(15)12-27)14-26-18(28)13-29-19-8-7-17(11-25-19)21(22,23)24/h3-8,11H,9-10,12-14H2,1-2H3,(H,26,28). The lowest BCUT2D eigenvalue weighted by atomic mass is 9.94. The summed E-state index contributed by atoms with van der Waals surface area (Å²) < 4.78 is 37.7. The van der Waals surface area contributed by atoms with Crippen molar-refractivity contribution in [2.45, 2.75) is 43.6 Å². The normalized spacial score (nSPS) is 15.1. The lowest BCUT2D eigenvalue weighted by Gasteiger charge is -2.41. The number of nitrogens with one attached hydrogen (secondary N) is 1. The number of carbonyl (C=O) groups excluding carboxylic acids is 1. The molecule has 8 heteroatoms. The molecule has 0 bridgehead atoms. The lowest BCUT2D eigenvalue weighted by Crippen LogP contribution is -2.53. The van der Waals surface area contributed by atoms with Gasteiger partial charge in [0.25, 0.3) is 0 Å². The van der Waals surface area contributed by atoms with Crippen LogP contribution in [0.5, 0.6) is 0 Å². The number of benzene rings is 1. The molecule has 4 nitrogen and oxygen atoms in total. The Morgan fingerprint density at radius 2 is 1.90 bits per heavy atom. The second-order valence-electron chi connectivity index (χ2n) is 7.70. The predicted molar refractivity (Wildman–Crippen MR) is 108 cm³/mol. The minimum atomic E-state index is -4.41. The van der Waals surface area contributed by atoms with Gasteiger partial charge in [-0.05, 0) is 43.5 Å². The minimum absolute atomic E-state index is 0.108. The highest BCUT2D eigenvalue weighted by Crippen LogP contribution is 2.29. The quantitative estimate of drug-likeness (QED) is 0.710. The van der Waals surface area contributed by atoms with Crippen LogP contribution in [0.25, 0.3) is 0 Å². The maximum Gasteiger partial charge on any atom is 0.417 e. The van der Waals surface area contributed by atoms with Crippen LogP contribution in [-0.2, 0) is 23.9 Å². The van der Waals surface area contributed by atoms with Crippen molar-refractivity contribution in [1.29, 1.82) is 0 Å². The van der Waals surface area contributed by atoms with E-state index in [4.69, 9.17) is 0 Å². The van der Waals surface area contributed by atoms with Gasteiger partial charge in [0.1, 0.15) is 0 Å². The molecule has 29 heavy (non-hydrogen) atoms. The van der Waals surface area contributed by atoms with Crippen LogP contribution >= 0.6 is 11.8 Å². The van der Waals surface area contributed by atoms with E-state index < -0.39 is 11.7 Å². The van der Waals surface area contributed by atoms with Crippen LogP contribution in [0.15, 0.2) is 47.6 Å². The van der Waals surface area contributed by atoms with Gasteiger partial charge in [0.15, 0.2) is 0 Å². The number of alkyl halides is 3. The molecule has 0 atom stereocenters. The summed E-state index contributed by atoms with van der Waals surface area (Å²) in [6, 6.07) is 10.7. The summed E-state index contributed by atoms with van der Waals surface area (Å²) in [5.74, 6) is -0.0562. The second kappa shape index (κ2) is 8.75. The molecule has 0 saturated carbocycles. The number of pyridine rings is 1. The van der Waals surface area contributed by atoms with Crippen molar-refractivity contribution in [2.75, 3.05) is 18.8 Å². The first-order valence-corrected chi connectivity index (χ1v) is 10.4. The van der Waals surface area contributed by atoms with Crippen LogP contribution in [0.3, 0.4) is 0 Å². The molecule has 2 aromatic rings. The Morgan fingerprint density at radius 3 is 2.55 bits per heavy atom. The van der Waals surface area contributed by atoms with Crippen LogP contribution in [0.1, 0.15) is 30.5 Å². The molecule has 0 fully saturated rings. The van der Waals surface area contributed by atoms with Crippen molar-refractivity contribution < 1.29 is 18.0 Å². The van der Waals surface area contributed by atoms with Crippen molar-refractivity contribution in [1.82, 2.24) is 15.2 Å². The van der Waals surface area contributed by atoms with E-state index >= 15 is 0 Å². The number of hydrogen-bond acceptors (Lipinski definition) is 4. The number of aromatic nitrogens is 1. The number of rotatable bonds is 6. The van der Waals surface area contributed by atoms with Gasteiger partial charge in [-0.1, -0.05) is 36.0 Å². The molecule has 1 aromatic carbocycles. The topological polar surface area (TPSA) is 45.2 Å². The first-order chi connectivity index (χ1) is 13.6. The molecule has 0 spiro atoms. The summed E-state index contributed by atoms with van der Waals surface area (Å²) in [7, 11) is 0. The molecule has 1 aliphatic rings. The third kappa shape index (κ3) is 5.73. The summed E-state index contributed by atoms with van der Waals surface area (Å²) in [5, 5.41) is 3.33. The van der Waals surface area contributed by atoms with E-state index in [-0.39, 0.29) is 17.2 Å². The first-order valence-electron chi connectivity index (χ1n) is 9.40. The average molecular weight is 424 g/mol. The molecule has 1 amide bonds. The van der Waals surface area contributed by atoms with E-state index in [1.54, 1.807) is 0 Å². The van der Waals surface area contributed by atoms with Gasteiger partial charge in [0, 0.05) is 31.4 Å². The van der Waals surface area contributed by atoms with Crippen LogP contribution in [0, 0.1) is 0 Å². The number of nitrogens with zero attached hydrogens (tertiary/aromatic N) is 2. The Bertz CT molecular complexity index is 853. The van der Waals surface area contributed by atoms with Crippen LogP contribution in [-0.4, -0.2) is 40.2 Å². The zero-order valence-corrected chi connectivity index (χ0v) is 17.2. The maximum atomic E-state index is 12.6. The molecule has 0 unspecified atom stereocenters. The van der Waals surface area contributed by atoms with Gasteiger partial charge in [-0.25, -0.2) is 4.98 Å². The number of thioether (sulfide) groups is 1. The lowest BCUT2D eigenvalue weighted by molar-refractivity contribution is -0.137. The Morgan fingerprint density at radius 1 is 1.17 bits per heavy atom. The molecule has 1 aliphatic heterocycles. The Labute approximate surface area is 172 Å². The summed E-state index contributed by atoms with van der Waals surface area (Å²) >= 11 is 1.12. The molecule has 2 heterocycles. The molecular weight excluding hydrogens is 399 g/mol. The van der Waals surface area contributed by atoms with Gasteiger partial charge in [-0.2, -0.15) is 13.2 Å². The van der Waals surface area contributed by atoms with Gasteiger partial charge in [-0.3, -0.25) is 9.69 Å². The summed E-state index contributed by atoms with van der Waals surface area (Å²) in [4.78, 5) is 18.3. The van der Waals surface area contributed by atoms with E-state index in [0.717, 1.165) is 43.5 Å². The maximum absolute atomic E-state index is 12.6. The fourth-order valence-corrected chi connectivity index (χ4v) is 3.94. The highest BCUT2D eigenvalue weighted by molar-refractivity contribution is 7.99. The summed E-state index contributed by atoms with van der Waals surface area (Å²) in [6.45, 7) is 6.49. The fraction of sp³-hybridized carbons (Fsp3) is 0.429. The number of hydrogen-bond donors (Lipinski definition) is 1. The fourth-order valence-electron chi connectivity index (χ4n) is 3.26. The summed E-state index contributed by atoms with van der Waals surface area (Å²) in [6.07, 6.45) is -2.63. The molecule has 156 valence electrons. The zero-order valence-electron chi connectivity index (χ0n) is 16.4.